The summed E-state index contributed by atoms with van der Waals surface area (Å²) < 4.78 is 35.5. The first-order chi connectivity index (χ1) is 32.0. The average Bonchev–Trinajstić information content (AvgIpc) is 3.98. The van der Waals surface area contributed by atoms with Crippen LogP contribution in [0.1, 0.15) is 48.5 Å². The molecule has 0 radical (unpaired) electrons. The van der Waals surface area contributed by atoms with E-state index in [4.69, 9.17) is 23.7 Å². The maximum Gasteiger partial charge on any atom is 0.262 e. The molecule has 2 amide bonds. The summed E-state index contributed by atoms with van der Waals surface area (Å²) in [6.45, 7) is 1.75. The molecule has 11 rings (SSSR count). The van der Waals surface area contributed by atoms with Gasteiger partial charge in [0, 0.05) is 34.8 Å². The molecule has 1 unspecified atom stereocenters. The molecule has 6 atom stereocenters. The van der Waals surface area contributed by atoms with Crippen molar-refractivity contribution >= 4 is 46.3 Å². The summed E-state index contributed by atoms with van der Waals surface area (Å²) in [4.78, 5) is 40.4. The number of fused-ring (bicyclic) bond motifs is 9. The number of hydrogen-bond donors (Lipinski definition) is 1. The van der Waals surface area contributed by atoms with Crippen LogP contribution in [-0.4, -0.2) is 78.3 Å². The number of carbonyl (C=O) groups excluding carboxylic acids is 2. The third-order valence-electron chi connectivity index (χ3n) is 13.0. The number of amides is 2. The Balaban J connectivity index is 1.10. The fourth-order valence-electron chi connectivity index (χ4n) is 9.90. The molecule has 0 bridgehead atoms. The highest BCUT2D eigenvalue weighted by atomic mass is 16.6. The van der Waals surface area contributed by atoms with E-state index in [0.717, 1.165) is 49.9 Å². The van der Waals surface area contributed by atoms with Crippen LogP contribution < -0.4 is 15.5 Å². The molecule has 5 aliphatic rings. The van der Waals surface area contributed by atoms with E-state index in [1.807, 2.05) is 133 Å². The van der Waals surface area contributed by atoms with E-state index in [1.165, 1.54) is 4.90 Å². The number of imide groups is 1. The van der Waals surface area contributed by atoms with Crippen LogP contribution in [0.5, 0.6) is 0 Å². The van der Waals surface area contributed by atoms with E-state index < -0.39 is 36.7 Å². The molecule has 1 N–H and O–H groups in total. The first-order valence-corrected chi connectivity index (χ1v) is 22.2. The van der Waals surface area contributed by atoms with Crippen molar-refractivity contribution < 1.29 is 33.3 Å². The minimum Gasteiger partial charge on any atom is -0.374 e. The molecule has 5 aromatic carbocycles. The predicted octanol–water partition coefficient (Wildman–Crippen LogP) is 6.92. The molecule has 0 spiro atoms. The summed E-state index contributed by atoms with van der Waals surface area (Å²) in [6.07, 6.45) is 8.26. The minimum atomic E-state index is -0.828. The number of benzene rings is 5. The number of carbonyl (C=O) groups is 2. The maximum atomic E-state index is 14.4. The van der Waals surface area contributed by atoms with E-state index in [0.29, 0.717) is 41.5 Å². The third kappa shape index (κ3) is 7.55. The molecule has 1 fully saturated rings. The zero-order valence-corrected chi connectivity index (χ0v) is 35.9. The van der Waals surface area contributed by atoms with Gasteiger partial charge in [-0.15, -0.1) is 0 Å². The maximum absolute atomic E-state index is 14.4. The van der Waals surface area contributed by atoms with Crippen molar-refractivity contribution in [1.29, 1.82) is 0 Å². The number of aromatic amines is 1. The van der Waals surface area contributed by atoms with Gasteiger partial charge in [0.15, 0.2) is 6.23 Å². The van der Waals surface area contributed by atoms with Gasteiger partial charge in [-0.1, -0.05) is 146 Å². The van der Waals surface area contributed by atoms with Crippen LogP contribution >= 0.6 is 0 Å². The van der Waals surface area contributed by atoms with Crippen LogP contribution in [0.25, 0.3) is 22.6 Å². The summed E-state index contributed by atoms with van der Waals surface area (Å²) in [5, 5.41) is 2.24. The van der Waals surface area contributed by atoms with Gasteiger partial charge < -0.3 is 33.6 Å². The molecular weight excluding hydrogens is 817 g/mol. The lowest BCUT2D eigenvalue weighted by Gasteiger charge is -2.50. The van der Waals surface area contributed by atoms with E-state index in [-0.39, 0.29) is 31.6 Å². The SMILES string of the molecule is CN1C(=O)c2c(c3c4c([nH]c3c3c2=C2C=CC=CC2N3[C@@H]2O[C@H](COCc3ccccc3)[C@@H](OCc3ccccc3)[C@H](OCc3ccccc3)[C@H]2OCc2ccccc2)=CC=NC4)C1=O. The monoisotopic (exact) mass is 864 g/mol. The number of H-pyrrole nitrogens is 1. The Labute approximate surface area is 376 Å². The van der Waals surface area contributed by atoms with Crippen molar-refractivity contribution in [2.75, 3.05) is 18.6 Å². The van der Waals surface area contributed by atoms with Crippen molar-refractivity contribution in [3.8, 4) is 0 Å². The van der Waals surface area contributed by atoms with Crippen LogP contribution in [0.4, 0.5) is 5.69 Å². The molecule has 11 nitrogen and oxygen atoms in total. The molecule has 4 aliphatic heterocycles. The van der Waals surface area contributed by atoms with Gasteiger partial charge >= 0.3 is 0 Å². The summed E-state index contributed by atoms with van der Waals surface area (Å²) in [5.41, 5.74) is 8.05. The first-order valence-electron chi connectivity index (χ1n) is 22.2. The van der Waals surface area contributed by atoms with Crippen molar-refractivity contribution in [3.05, 3.63) is 195 Å². The second-order valence-electron chi connectivity index (χ2n) is 17.0. The molecule has 65 heavy (non-hydrogen) atoms. The zero-order valence-electron chi connectivity index (χ0n) is 35.9. The highest BCUT2D eigenvalue weighted by Crippen LogP contribution is 2.44. The molecule has 326 valence electrons. The summed E-state index contributed by atoms with van der Waals surface area (Å²) >= 11 is 0. The smallest absolute Gasteiger partial charge is 0.262 e. The third-order valence-corrected chi connectivity index (χ3v) is 13.0. The van der Waals surface area contributed by atoms with Crippen molar-refractivity contribution in [1.82, 2.24) is 9.88 Å². The molecule has 1 aliphatic carbocycles. The Kier molecular flexibility index (Phi) is 11.2. The standard InChI is InChI=1S/C54H48N4O7/c1-57-52(59)45-43-39-28-55-27-26-40(39)56-47(43)48-44(46(45)53(57)60)38-24-14-15-25-41(38)58(48)54-51(64-32-37-22-12-5-13-23-37)50(63-31-36-20-10-4-11-21-36)49(62-30-35-18-8-3-9-19-35)42(65-54)33-61-29-34-16-6-2-7-17-34/h2-27,41-42,49-51,54,56H,28-33H2,1H3/t41?,42-,49-,50+,51-,54-/m1/s1. The Morgan fingerprint density at radius 2 is 1.26 bits per heavy atom. The number of aliphatic imine (C=N–C) groups is 1. The minimum absolute atomic E-state index is 0.180. The largest absolute Gasteiger partial charge is 0.374 e. The van der Waals surface area contributed by atoms with Crippen molar-refractivity contribution in [3.63, 3.8) is 0 Å². The number of rotatable bonds is 14. The van der Waals surface area contributed by atoms with E-state index >= 15 is 0 Å². The highest BCUT2D eigenvalue weighted by molar-refractivity contribution is 6.29. The Morgan fingerprint density at radius 1 is 0.692 bits per heavy atom. The first kappa shape index (κ1) is 41.0. The zero-order chi connectivity index (χ0) is 43.9. The molecule has 11 heteroatoms. The molecule has 6 aromatic rings. The summed E-state index contributed by atoms with van der Waals surface area (Å²) in [7, 11) is 1.56. The number of allylic oxidation sites excluding steroid dienone is 2. The van der Waals surface area contributed by atoms with Gasteiger partial charge in [-0.05, 0) is 33.9 Å². The average molecular weight is 865 g/mol. The number of aromatic nitrogens is 1. The molecular formula is C54H48N4O7. The number of ether oxygens (including phenoxy) is 5. The van der Waals surface area contributed by atoms with Crippen LogP contribution in [-0.2, 0) is 56.7 Å². The van der Waals surface area contributed by atoms with Crippen LogP contribution in [0.3, 0.4) is 0 Å². The molecule has 1 aromatic heterocycles. The van der Waals surface area contributed by atoms with Crippen LogP contribution in [0.2, 0.25) is 0 Å². The van der Waals surface area contributed by atoms with Gasteiger partial charge in [-0.25, -0.2) is 0 Å². The van der Waals surface area contributed by atoms with Crippen molar-refractivity contribution in [2.45, 2.75) is 69.7 Å². The number of anilines is 1. The normalized spacial score (nSPS) is 22.9. The second kappa shape index (κ2) is 17.7. The van der Waals surface area contributed by atoms with E-state index in [9.17, 15) is 9.59 Å². The molecule has 5 heterocycles. The number of hydrogen-bond acceptors (Lipinski definition) is 9. The lowest BCUT2D eigenvalue weighted by atomic mass is 9.94. The molecule has 1 saturated heterocycles. The van der Waals surface area contributed by atoms with Gasteiger partial charge in [0.1, 0.15) is 24.4 Å². The topological polar surface area (TPSA) is 115 Å². The van der Waals surface area contributed by atoms with Gasteiger partial charge in [0.2, 0.25) is 0 Å². The quantitative estimate of drug-likeness (QED) is 0.118. The second-order valence-corrected chi connectivity index (χ2v) is 17.0. The van der Waals surface area contributed by atoms with Crippen molar-refractivity contribution in [2.24, 2.45) is 4.99 Å². The van der Waals surface area contributed by atoms with Crippen LogP contribution in [0.15, 0.2) is 151 Å². The summed E-state index contributed by atoms with van der Waals surface area (Å²) in [5.74, 6) is -0.675. The fraction of sp³-hybridized carbons (Fsp3) is 0.241. The highest BCUT2D eigenvalue weighted by Gasteiger charge is 2.54. The van der Waals surface area contributed by atoms with E-state index in [1.54, 1.807) is 13.3 Å². The van der Waals surface area contributed by atoms with Gasteiger partial charge in [0.25, 0.3) is 11.8 Å². The van der Waals surface area contributed by atoms with Gasteiger partial charge in [-0.2, -0.15) is 0 Å². The predicted molar refractivity (Wildman–Crippen MR) is 248 cm³/mol. The Bertz CT molecular complexity index is 2970. The van der Waals surface area contributed by atoms with E-state index in [2.05, 4.69) is 33.1 Å². The summed E-state index contributed by atoms with van der Waals surface area (Å²) in [6, 6.07) is 39.9. The molecule has 0 saturated carbocycles. The number of nitrogens with one attached hydrogen (secondary N) is 1. The van der Waals surface area contributed by atoms with Crippen LogP contribution in [0, 0.1) is 0 Å². The van der Waals surface area contributed by atoms with Gasteiger partial charge in [-0.3, -0.25) is 19.5 Å². The Hall–Kier alpha value is -6.73. The lowest BCUT2D eigenvalue weighted by Crippen LogP contribution is -2.66. The fourth-order valence-corrected chi connectivity index (χ4v) is 9.90. The number of nitrogens with zero attached hydrogens (tertiary/aromatic N) is 3. The Morgan fingerprint density at radius 3 is 1.89 bits per heavy atom. The van der Waals surface area contributed by atoms with Gasteiger partial charge in [0.05, 0.1) is 68.0 Å². The lowest BCUT2D eigenvalue weighted by molar-refractivity contribution is -0.272.